The van der Waals surface area contributed by atoms with Crippen molar-refractivity contribution in [3.8, 4) is 0 Å². The van der Waals surface area contributed by atoms with Gasteiger partial charge in [-0.15, -0.1) is 0 Å². The molecule has 6 nitrogen and oxygen atoms in total. The van der Waals surface area contributed by atoms with Crippen LogP contribution in [0, 0.1) is 5.82 Å². The number of rotatable bonds is 5. The number of carbonyl (C=O) groups is 1. The molecule has 8 heteroatoms. The Kier molecular flexibility index (Phi) is 6.38. The first kappa shape index (κ1) is 21.5. The van der Waals surface area contributed by atoms with Crippen molar-refractivity contribution in [1.82, 2.24) is 10.2 Å². The summed E-state index contributed by atoms with van der Waals surface area (Å²) in [6, 6.07) is 4.90. The summed E-state index contributed by atoms with van der Waals surface area (Å²) in [4.78, 5) is 18.5. The highest BCUT2D eigenvalue weighted by Gasteiger charge is 2.30. The summed E-state index contributed by atoms with van der Waals surface area (Å²) in [6.45, 7) is 5.21. The summed E-state index contributed by atoms with van der Waals surface area (Å²) in [6.07, 6.45) is 5.67. The zero-order chi connectivity index (χ0) is 22.0. The van der Waals surface area contributed by atoms with Crippen molar-refractivity contribution in [2.24, 2.45) is 0 Å². The molecule has 4 rings (SSSR count). The van der Waals surface area contributed by atoms with Crippen LogP contribution in [0.4, 0.5) is 20.2 Å². The minimum atomic E-state index is -0.520. The van der Waals surface area contributed by atoms with E-state index in [4.69, 9.17) is 4.74 Å². The number of ether oxygens (including phenoxy) is 1. The number of piperazine rings is 1. The molecule has 1 saturated heterocycles. The second-order valence-corrected chi connectivity index (χ2v) is 8.18. The summed E-state index contributed by atoms with van der Waals surface area (Å²) in [5, 5.41) is 3.22. The van der Waals surface area contributed by atoms with Gasteiger partial charge in [0.2, 0.25) is 0 Å². The molecule has 2 atom stereocenters. The van der Waals surface area contributed by atoms with E-state index < -0.39 is 12.3 Å². The number of carbonyl (C=O) groups excluding carboxylic acids is 1. The number of amides is 1. The molecule has 0 spiro atoms. The molecule has 1 aromatic rings. The number of anilines is 2. The first-order valence-electron chi connectivity index (χ1n) is 10.6. The summed E-state index contributed by atoms with van der Waals surface area (Å²) < 4.78 is 34.3. The highest BCUT2D eigenvalue weighted by Crippen LogP contribution is 2.28. The van der Waals surface area contributed by atoms with Crippen LogP contribution in [-0.4, -0.2) is 62.9 Å². The van der Waals surface area contributed by atoms with Gasteiger partial charge in [0.1, 0.15) is 17.8 Å². The largest absolute Gasteiger partial charge is 0.370 e. The Hall–Kier alpha value is -2.71. The first-order valence-corrected chi connectivity index (χ1v) is 10.6. The van der Waals surface area contributed by atoms with Crippen LogP contribution in [0.5, 0.6) is 0 Å². The highest BCUT2D eigenvalue weighted by atomic mass is 19.1. The van der Waals surface area contributed by atoms with Gasteiger partial charge in [-0.1, -0.05) is 6.08 Å². The number of benzene rings is 1. The molecule has 0 radical (unpaired) electrons. The monoisotopic (exact) mass is 430 g/mol. The lowest BCUT2D eigenvalue weighted by Crippen LogP contribution is -2.54. The smallest absolute Gasteiger partial charge is 0.254 e. The Morgan fingerprint density at radius 2 is 1.97 bits per heavy atom. The van der Waals surface area contributed by atoms with E-state index in [9.17, 15) is 9.18 Å². The van der Waals surface area contributed by atoms with Crippen molar-refractivity contribution in [3.63, 3.8) is 0 Å². The molecule has 2 heterocycles. The van der Waals surface area contributed by atoms with Gasteiger partial charge in [-0.25, -0.2) is 8.78 Å². The second-order valence-electron chi connectivity index (χ2n) is 8.18. The number of allylic oxidation sites excluding steroid dienone is 3. The van der Waals surface area contributed by atoms with Gasteiger partial charge in [-0.3, -0.25) is 9.69 Å². The van der Waals surface area contributed by atoms with Crippen molar-refractivity contribution < 1.29 is 18.3 Å². The fraction of sp³-hybridized carbons (Fsp3) is 0.435. The van der Waals surface area contributed by atoms with Gasteiger partial charge >= 0.3 is 0 Å². The van der Waals surface area contributed by atoms with E-state index in [-0.39, 0.29) is 24.2 Å². The Morgan fingerprint density at radius 1 is 1.19 bits per heavy atom. The van der Waals surface area contributed by atoms with E-state index in [1.54, 1.807) is 25.1 Å². The Balaban J connectivity index is 1.51. The molecule has 0 bridgehead atoms. The molecular weight excluding hydrogens is 402 g/mol. The number of hydrogen-bond donors (Lipinski definition) is 1. The molecule has 1 aliphatic carbocycles. The second kappa shape index (κ2) is 9.20. The zero-order valence-corrected chi connectivity index (χ0v) is 17.9. The summed E-state index contributed by atoms with van der Waals surface area (Å²) in [7, 11) is 2.05. The van der Waals surface area contributed by atoms with E-state index in [0.29, 0.717) is 23.5 Å². The van der Waals surface area contributed by atoms with Gasteiger partial charge in [-0.05, 0) is 50.7 Å². The van der Waals surface area contributed by atoms with Gasteiger partial charge in [0.15, 0.2) is 0 Å². The minimum absolute atomic E-state index is 0.140. The molecule has 3 aliphatic rings. The average molecular weight is 430 g/mol. The predicted molar refractivity (Wildman–Crippen MR) is 117 cm³/mol. The van der Waals surface area contributed by atoms with Crippen LogP contribution >= 0.6 is 0 Å². The zero-order valence-electron chi connectivity index (χ0n) is 17.9. The quantitative estimate of drug-likeness (QED) is 0.779. The van der Waals surface area contributed by atoms with Crippen LogP contribution in [0.3, 0.4) is 0 Å². The molecule has 1 N–H and O–H groups in total. The predicted octanol–water partition coefficient (Wildman–Crippen LogP) is 2.94. The minimum Gasteiger partial charge on any atom is -0.370 e. The normalized spacial score (nSPS) is 24.7. The third-order valence-corrected chi connectivity index (χ3v) is 5.80. The Morgan fingerprint density at radius 3 is 2.68 bits per heavy atom. The molecular formula is C23H28F2N4O2. The van der Waals surface area contributed by atoms with Gasteiger partial charge in [0.25, 0.3) is 5.91 Å². The van der Waals surface area contributed by atoms with E-state index in [2.05, 4.69) is 17.3 Å². The van der Waals surface area contributed by atoms with Crippen LogP contribution < -0.4 is 15.1 Å². The van der Waals surface area contributed by atoms with Gasteiger partial charge < -0.3 is 19.9 Å². The van der Waals surface area contributed by atoms with Crippen molar-refractivity contribution in [2.75, 3.05) is 49.6 Å². The molecule has 1 aromatic carbocycles. The summed E-state index contributed by atoms with van der Waals surface area (Å²) >= 11 is 0. The van der Waals surface area contributed by atoms with Crippen LogP contribution in [0.15, 0.2) is 54.0 Å². The molecule has 2 aliphatic heterocycles. The fourth-order valence-corrected chi connectivity index (χ4v) is 4.10. The van der Waals surface area contributed by atoms with E-state index in [0.717, 1.165) is 26.2 Å². The van der Waals surface area contributed by atoms with Crippen LogP contribution in [-0.2, 0) is 9.53 Å². The standard InChI is InChI=1S/C23H28F2N4O2/c1-16-12-23(30)29(22(26-16)15-31-19-5-3-4-17(24)13-19)18-6-7-21(20(25)14-18)28-10-8-27(2)9-11-28/h3-4,6-7,12-14,19,22,26H,5,8-11,15H2,1-2H3. The van der Waals surface area contributed by atoms with Crippen LogP contribution in [0.1, 0.15) is 13.3 Å². The fourth-order valence-electron chi connectivity index (χ4n) is 4.10. The number of halogens is 2. The highest BCUT2D eigenvalue weighted by molar-refractivity contribution is 6.03. The molecule has 0 saturated carbocycles. The molecule has 31 heavy (non-hydrogen) atoms. The van der Waals surface area contributed by atoms with Gasteiger partial charge in [-0.2, -0.15) is 0 Å². The number of likely N-dealkylation sites (N-methyl/N-ethyl adjacent to an activating group) is 1. The first-order chi connectivity index (χ1) is 14.9. The van der Waals surface area contributed by atoms with Crippen LogP contribution in [0.2, 0.25) is 0 Å². The molecule has 2 unspecified atom stereocenters. The van der Waals surface area contributed by atoms with Gasteiger partial charge in [0.05, 0.1) is 18.4 Å². The number of nitrogens with zero attached hydrogens (tertiary/aromatic N) is 3. The average Bonchev–Trinajstić information content (AvgIpc) is 2.73. The van der Waals surface area contributed by atoms with Crippen molar-refractivity contribution in [1.29, 1.82) is 0 Å². The lowest BCUT2D eigenvalue weighted by Gasteiger charge is -2.37. The van der Waals surface area contributed by atoms with E-state index in [1.165, 1.54) is 29.2 Å². The van der Waals surface area contributed by atoms with E-state index >= 15 is 4.39 Å². The maximum Gasteiger partial charge on any atom is 0.254 e. The number of hydrogen-bond acceptors (Lipinski definition) is 5. The molecule has 166 valence electrons. The molecule has 0 aromatic heterocycles. The van der Waals surface area contributed by atoms with Gasteiger partial charge in [0, 0.05) is 43.6 Å². The van der Waals surface area contributed by atoms with Crippen molar-refractivity contribution >= 4 is 17.3 Å². The Bertz CT molecular complexity index is 922. The lowest BCUT2D eigenvalue weighted by molar-refractivity contribution is -0.115. The van der Waals surface area contributed by atoms with Crippen LogP contribution in [0.25, 0.3) is 0 Å². The maximum absolute atomic E-state index is 15.0. The molecule has 1 fully saturated rings. The maximum atomic E-state index is 15.0. The topological polar surface area (TPSA) is 48.1 Å². The van der Waals surface area contributed by atoms with E-state index in [1.807, 2.05) is 4.90 Å². The number of nitrogens with one attached hydrogen (secondary N) is 1. The summed E-state index contributed by atoms with van der Waals surface area (Å²) in [5.74, 6) is -0.941. The molecule has 1 amide bonds. The van der Waals surface area contributed by atoms with Crippen molar-refractivity contribution in [2.45, 2.75) is 25.6 Å². The van der Waals surface area contributed by atoms with Crippen molar-refractivity contribution in [3.05, 3.63) is 59.8 Å². The lowest BCUT2D eigenvalue weighted by atomic mass is 10.1. The third-order valence-electron chi connectivity index (χ3n) is 5.80. The Labute approximate surface area is 181 Å². The third kappa shape index (κ3) is 4.97. The summed E-state index contributed by atoms with van der Waals surface area (Å²) in [5.41, 5.74) is 1.70. The SMILES string of the molecule is CC1=CC(=O)N(c2ccc(N3CCN(C)CC3)c(F)c2)C(COC2C=C(F)C=CC2)N1.